The summed E-state index contributed by atoms with van der Waals surface area (Å²) in [6.07, 6.45) is 1.46. The number of sulfone groups is 1. The van der Waals surface area contributed by atoms with Crippen LogP contribution in [0.25, 0.3) is 17.2 Å². The molecule has 0 spiro atoms. The summed E-state index contributed by atoms with van der Waals surface area (Å²) in [5.74, 6) is 0.670. The van der Waals surface area contributed by atoms with Crippen LogP contribution in [0.3, 0.4) is 0 Å². The number of hydrogen-bond acceptors (Lipinski definition) is 11. The maximum absolute atomic E-state index is 12.7. The van der Waals surface area contributed by atoms with Gasteiger partial charge >= 0.3 is 0 Å². The zero-order chi connectivity index (χ0) is 27.1. The zero-order valence-corrected chi connectivity index (χ0v) is 22.0. The van der Waals surface area contributed by atoms with E-state index in [9.17, 15) is 18.3 Å². The molecule has 13 nitrogen and oxygen atoms in total. The first-order valence-corrected chi connectivity index (χ1v) is 13.8. The summed E-state index contributed by atoms with van der Waals surface area (Å²) in [4.78, 5) is 18.6. The van der Waals surface area contributed by atoms with Crippen LogP contribution in [0.1, 0.15) is 48.1 Å². The summed E-state index contributed by atoms with van der Waals surface area (Å²) < 4.78 is 35.9. The van der Waals surface area contributed by atoms with Crippen molar-refractivity contribution in [2.45, 2.75) is 39.4 Å². The Kier molecular flexibility index (Phi) is 6.61. The Morgan fingerprint density at radius 3 is 2.55 bits per heavy atom. The fourth-order valence-electron chi connectivity index (χ4n) is 3.99. The number of fused-ring (bicyclic) bond motifs is 1. The third-order valence-corrected chi connectivity index (χ3v) is 7.78. The number of carbonyl (C=O) groups excluding carboxylic acids is 1. The first-order valence-electron chi connectivity index (χ1n) is 12.0. The van der Waals surface area contributed by atoms with Crippen molar-refractivity contribution < 1.29 is 27.6 Å². The SMILES string of the molecule is CC(C)(C)c1cc2nnc(-c3cc(CO)on3)n2nc1OCc1ccc(C(=O)N2CCS(=O)(=O)CC2)cn1. The molecule has 1 aliphatic heterocycles. The van der Waals surface area contributed by atoms with Crippen molar-refractivity contribution in [3.63, 3.8) is 0 Å². The van der Waals surface area contributed by atoms with Crippen LogP contribution < -0.4 is 4.74 Å². The van der Waals surface area contributed by atoms with Crippen LogP contribution >= 0.6 is 0 Å². The van der Waals surface area contributed by atoms with E-state index < -0.39 is 9.84 Å². The van der Waals surface area contributed by atoms with Gasteiger partial charge in [-0.15, -0.1) is 15.3 Å². The molecule has 0 unspecified atom stereocenters. The van der Waals surface area contributed by atoms with Crippen LogP contribution in [0.15, 0.2) is 35.0 Å². The topological polar surface area (TPSA) is 166 Å². The van der Waals surface area contributed by atoms with Crippen molar-refractivity contribution in [1.82, 2.24) is 34.9 Å². The Balaban J connectivity index is 1.36. The summed E-state index contributed by atoms with van der Waals surface area (Å²) in [6, 6.07) is 6.75. The van der Waals surface area contributed by atoms with Gasteiger partial charge in [-0.1, -0.05) is 25.9 Å². The van der Waals surface area contributed by atoms with Crippen LogP contribution in [0.4, 0.5) is 0 Å². The third-order valence-electron chi connectivity index (χ3n) is 6.17. The highest BCUT2D eigenvalue weighted by Gasteiger charge is 2.27. The third kappa shape index (κ3) is 5.22. The first-order chi connectivity index (χ1) is 18.0. The van der Waals surface area contributed by atoms with E-state index in [2.05, 4.69) is 25.4 Å². The predicted octanol–water partition coefficient (Wildman–Crippen LogP) is 1.41. The van der Waals surface area contributed by atoms with E-state index >= 15 is 0 Å². The molecule has 0 atom stereocenters. The molecule has 38 heavy (non-hydrogen) atoms. The van der Waals surface area contributed by atoms with E-state index in [0.29, 0.717) is 34.3 Å². The fraction of sp³-hybridized carbons (Fsp3) is 0.417. The zero-order valence-electron chi connectivity index (χ0n) is 21.2. The predicted molar refractivity (Wildman–Crippen MR) is 134 cm³/mol. The van der Waals surface area contributed by atoms with Crippen LogP contribution in [0.2, 0.25) is 0 Å². The Bertz CT molecular complexity index is 1570. The minimum Gasteiger partial charge on any atom is -0.470 e. The van der Waals surface area contributed by atoms with Gasteiger partial charge in [0.25, 0.3) is 5.91 Å². The van der Waals surface area contributed by atoms with Crippen LogP contribution in [-0.4, -0.2) is 78.9 Å². The van der Waals surface area contributed by atoms with Gasteiger partial charge in [0.1, 0.15) is 13.2 Å². The summed E-state index contributed by atoms with van der Waals surface area (Å²) in [5.41, 5.74) is 2.32. The van der Waals surface area contributed by atoms with Gasteiger partial charge in [-0.2, -0.15) is 4.52 Å². The molecule has 0 bridgehead atoms. The fourth-order valence-corrected chi connectivity index (χ4v) is 5.19. The normalized spacial score (nSPS) is 15.6. The lowest BCUT2D eigenvalue weighted by molar-refractivity contribution is 0.0769. The van der Waals surface area contributed by atoms with E-state index in [1.165, 1.54) is 15.6 Å². The molecule has 0 aliphatic carbocycles. The molecular formula is C24H27N7O6S. The highest BCUT2D eigenvalue weighted by Crippen LogP contribution is 2.32. The number of ether oxygens (including phenoxy) is 1. The van der Waals surface area contributed by atoms with Gasteiger partial charge in [0, 0.05) is 30.9 Å². The van der Waals surface area contributed by atoms with Crippen molar-refractivity contribution in [1.29, 1.82) is 0 Å². The Morgan fingerprint density at radius 1 is 1.16 bits per heavy atom. The summed E-state index contributed by atoms with van der Waals surface area (Å²) in [6.45, 7) is 6.24. The first kappa shape index (κ1) is 25.7. The molecule has 5 rings (SSSR count). The highest BCUT2D eigenvalue weighted by molar-refractivity contribution is 7.91. The van der Waals surface area contributed by atoms with Gasteiger partial charge in [-0.25, -0.2) is 8.42 Å². The van der Waals surface area contributed by atoms with Gasteiger partial charge in [0.2, 0.25) is 11.7 Å². The molecule has 14 heteroatoms. The average molecular weight is 542 g/mol. The maximum atomic E-state index is 12.7. The number of aromatic nitrogens is 6. The molecule has 1 N–H and O–H groups in total. The molecule has 1 fully saturated rings. The highest BCUT2D eigenvalue weighted by atomic mass is 32.2. The quantitative estimate of drug-likeness (QED) is 0.375. The molecule has 4 aromatic rings. The molecule has 0 aromatic carbocycles. The largest absolute Gasteiger partial charge is 0.470 e. The van der Waals surface area contributed by atoms with E-state index in [0.717, 1.165) is 5.56 Å². The van der Waals surface area contributed by atoms with Crippen molar-refractivity contribution in [3.05, 3.63) is 53.0 Å². The molecule has 200 valence electrons. The molecule has 5 heterocycles. The smallest absolute Gasteiger partial charge is 0.255 e. The lowest BCUT2D eigenvalue weighted by atomic mass is 9.88. The number of rotatable bonds is 6. The molecule has 4 aromatic heterocycles. The Morgan fingerprint density at radius 2 is 1.92 bits per heavy atom. The molecule has 0 saturated carbocycles. The molecular weight excluding hydrogens is 514 g/mol. The second kappa shape index (κ2) is 9.76. The van der Waals surface area contributed by atoms with Crippen LogP contribution in [0, 0.1) is 0 Å². The molecule has 1 aliphatic rings. The number of carbonyl (C=O) groups is 1. The number of aliphatic hydroxyl groups is 1. The lowest BCUT2D eigenvalue weighted by Gasteiger charge is -2.26. The summed E-state index contributed by atoms with van der Waals surface area (Å²) in [5, 5.41) is 26.2. The van der Waals surface area contributed by atoms with Crippen LogP contribution in [0.5, 0.6) is 5.88 Å². The number of hydrogen-bond donors (Lipinski definition) is 1. The van der Waals surface area contributed by atoms with E-state index in [-0.39, 0.29) is 54.9 Å². The number of aliphatic hydroxyl groups excluding tert-OH is 1. The van der Waals surface area contributed by atoms with Crippen molar-refractivity contribution in [3.8, 4) is 17.4 Å². The minimum atomic E-state index is -3.07. The second-order valence-electron chi connectivity index (χ2n) is 10.0. The van der Waals surface area contributed by atoms with E-state index in [1.807, 2.05) is 26.8 Å². The summed E-state index contributed by atoms with van der Waals surface area (Å²) in [7, 11) is -3.07. The molecule has 1 saturated heterocycles. The van der Waals surface area contributed by atoms with Crippen molar-refractivity contribution in [2.75, 3.05) is 24.6 Å². The minimum absolute atomic E-state index is 0.0288. The Labute approximate surface area is 218 Å². The number of pyridine rings is 1. The molecule has 1 amide bonds. The van der Waals surface area contributed by atoms with Crippen molar-refractivity contribution >= 4 is 21.4 Å². The monoisotopic (exact) mass is 541 g/mol. The van der Waals surface area contributed by atoms with Crippen LogP contribution in [-0.2, 0) is 28.5 Å². The lowest BCUT2D eigenvalue weighted by Crippen LogP contribution is -2.43. The number of amides is 1. The molecule has 0 radical (unpaired) electrons. The van der Waals surface area contributed by atoms with Gasteiger partial charge < -0.3 is 19.3 Å². The van der Waals surface area contributed by atoms with Crippen molar-refractivity contribution in [2.24, 2.45) is 0 Å². The van der Waals surface area contributed by atoms with Gasteiger partial charge in [-0.3, -0.25) is 9.78 Å². The van der Waals surface area contributed by atoms with E-state index in [1.54, 1.807) is 18.2 Å². The number of nitrogens with zero attached hydrogens (tertiary/aromatic N) is 7. The maximum Gasteiger partial charge on any atom is 0.255 e. The van der Waals surface area contributed by atoms with E-state index in [4.69, 9.17) is 9.26 Å². The van der Waals surface area contributed by atoms with Gasteiger partial charge in [0.05, 0.1) is 22.8 Å². The second-order valence-corrected chi connectivity index (χ2v) is 12.3. The average Bonchev–Trinajstić information content (AvgIpc) is 3.53. The standard InChI is InChI=1S/C24H27N7O6S/c1-24(2,3)18-11-20-26-27-21(19-10-17(13-32)37-29-19)31(20)28-22(18)36-14-16-5-4-15(12-25-16)23(33)30-6-8-38(34,35)9-7-30/h4-5,10-12,32H,6-9,13-14H2,1-3H3. The summed E-state index contributed by atoms with van der Waals surface area (Å²) >= 11 is 0. The van der Waals surface area contributed by atoms with Gasteiger partial charge in [-0.05, 0) is 23.6 Å². The van der Waals surface area contributed by atoms with Gasteiger partial charge in [0.15, 0.2) is 26.9 Å². The Hall–Kier alpha value is -3.91.